The highest BCUT2D eigenvalue weighted by atomic mass is 16.6. The number of nitrogens with one attached hydrogen (secondary N) is 1. The third-order valence-corrected chi connectivity index (χ3v) is 3.05. The van der Waals surface area contributed by atoms with Gasteiger partial charge in [0.2, 0.25) is 0 Å². The van der Waals surface area contributed by atoms with E-state index in [9.17, 15) is 5.11 Å². The monoisotopic (exact) mass is 273 g/mol. The molecule has 1 unspecified atom stereocenters. The number of hydrogen-bond donors (Lipinski definition) is 2. The van der Waals surface area contributed by atoms with E-state index in [0.717, 1.165) is 11.1 Å². The Labute approximate surface area is 118 Å². The van der Waals surface area contributed by atoms with E-state index in [4.69, 9.17) is 9.57 Å². The summed E-state index contributed by atoms with van der Waals surface area (Å²) in [7, 11) is 1.53. The normalized spacial score (nSPS) is 12.1. The van der Waals surface area contributed by atoms with Crippen LogP contribution in [0.15, 0.2) is 48.5 Å². The van der Waals surface area contributed by atoms with Crippen LogP contribution in [0.1, 0.15) is 24.1 Å². The second-order valence-electron chi connectivity index (χ2n) is 4.55. The molecule has 0 spiro atoms. The van der Waals surface area contributed by atoms with Crippen molar-refractivity contribution in [2.45, 2.75) is 19.6 Å². The van der Waals surface area contributed by atoms with Gasteiger partial charge < -0.3 is 9.84 Å². The molecule has 2 aromatic rings. The zero-order chi connectivity index (χ0) is 14.4. The van der Waals surface area contributed by atoms with Gasteiger partial charge in [-0.25, -0.2) is 0 Å². The summed E-state index contributed by atoms with van der Waals surface area (Å²) >= 11 is 0. The fourth-order valence-corrected chi connectivity index (χ4v) is 1.86. The maximum atomic E-state index is 9.56. The van der Waals surface area contributed by atoms with Crippen LogP contribution in [0.5, 0.6) is 11.5 Å². The lowest BCUT2D eigenvalue weighted by Gasteiger charge is -2.15. The van der Waals surface area contributed by atoms with Crippen LogP contribution < -0.4 is 10.2 Å². The number of aromatic hydroxyl groups is 1. The van der Waals surface area contributed by atoms with E-state index < -0.39 is 0 Å². The molecule has 2 rings (SSSR count). The SMILES string of the molecule is COc1cc(C(C)NOCc2ccccc2)ccc1O. The summed E-state index contributed by atoms with van der Waals surface area (Å²) < 4.78 is 5.09. The molecule has 2 N–H and O–H groups in total. The predicted molar refractivity (Wildman–Crippen MR) is 77.4 cm³/mol. The summed E-state index contributed by atoms with van der Waals surface area (Å²) in [5.41, 5.74) is 5.07. The minimum Gasteiger partial charge on any atom is -0.504 e. The molecule has 0 aromatic heterocycles. The lowest BCUT2D eigenvalue weighted by Crippen LogP contribution is -2.19. The van der Waals surface area contributed by atoms with Crippen molar-refractivity contribution in [1.29, 1.82) is 0 Å². The van der Waals surface area contributed by atoms with Crippen molar-refractivity contribution in [1.82, 2.24) is 5.48 Å². The molecule has 4 heteroatoms. The number of hydroxylamine groups is 1. The molecule has 0 radical (unpaired) electrons. The number of benzene rings is 2. The van der Waals surface area contributed by atoms with Gasteiger partial charge in [0.25, 0.3) is 0 Å². The molecule has 0 amide bonds. The molecule has 0 aliphatic carbocycles. The summed E-state index contributed by atoms with van der Waals surface area (Å²) in [6.45, 7) is 2.48. The number of phenols is 1. The summed E-state index contributed by atoms with van der Waals surface area (Å²) in [4.78, 5) is 5.49. The zero-order valence-electron chi connectivity index (χ0n) is 11.7. The molecule has 0 bridgehead atoms. The standard InChI is InChI=1S/C16H19NO3/c1-12(14-8-9-15(18)16(10-14)19-2)17-20-11-13-6-4-3-5-7-13/h3-10,12,17-18H,11H2,1-2H3. The molecule has 106 valence electrons. The Balaban J connectivity index is 1.90. The zero-order valence-corrected chi connectivity index (χ0v) is 11.7. The molecular weight excluding hydrogens is 254 g/mol. The van der Waals surface area contributed by atoms with Crippen LogP contribution in [0, 0.1) is 0 Å². The van der Waals surface area contributed by atoms with E-state index in [2.05, 4.69) is 5.48 Å². The number of phenolic OH excluding ortho intramolecular Hbond substituents is 1. The maximum Gasteiger partial charge on any atom is 0.160 e. The molecule has 20 heavy (non-hydrogen) atoms. The third kappa shape index (κ3) is 3.73. The lowest BCUT2D eigenvalue weighted by molar-refractivity contribution is 0.00694. The largest absolute Gasteiger partial charge is 0.504 e. The molecule has 0 heterocycles. The average molecular weight is 273 g/mol. The molecular formula is C16H19NO3. The van der Waals surface area contributed by atoms with Gasteiger partial charge in [-0.3, -0.25) is 4.84 Å². The van der Waals surface area contributed by atoms with Crippen molar-refractivity contribution in [2.24, 2.45) is 0 Å². The molecule has 0 fully saturated rings. The molecule has 4 nitrogen and oxygen atoms in total. The van der Waals surface area contributed by atoms with Gasteiger partial charge in [0.1, 0.15) is 0 Å². The van der Waals surface area contributed by atoms with Crippen LogP contribution in [0.25, 0.3) is 0 Å². The number of rotatable bonds is 6. The molecule has 0 saturated carbocycles. The summed E-state index contributed by atoms with van der Waals surface area (Å²) in [6.07, 6.45) is 0. The van der Waals surface area contributed by atoms with Crippen molar-refractivity contribution in [3.8, 4) is 11.5 Å². The van der Waals surface area contributed by atoms with Crippen LogP contribution in [0.4, 0.5) is 0 Å². The van der Waals surface area contributed by atoms with E-state index in [1.54, 1.807) is 12.1 Å². The fraction of sp³-hybridized carbons (Fsp3) is 0.250. The first-order valence-electron chi connectivity index (χ1n) is 6.49. The topological polar surface area (TPSA) is 50.7 Å². The Morgan fingerprint density at radius 1 is 1.15 bits per heavy atom. The van der Waals surface area contributed by atoms with Crippen molar-refractivity contribution >= 4 is 0 Å². The van der Waals surface area contributed by atoms with Gasteiger partial charge in [-0.2, -0.15) is 5.48 Å². The second-order valence-corrected chi connectivity index (χ2v) is 4.55. The van der Waals surface area contributed by atoms with E-state index in [1.165, 1.54) is 7.11 Å². The van der Waals surface area contributed by atoms with Crippen LogP contribution in [0.2, 0.25) is 0 Å². The van der Waals surface area contributed by atoms with Gasteiger partial charge in [0.05, 0.1) is 19.8 Å². The molecule has 0 saturated heterocycles. The Kier molecular flexibility index (Phi) is 4.98. The van der Waals surface area contributed by atoms with E-state index in [0.29, 0.717) is 12.4 Å². The first-order chi connectivity index (χ1) is 9.70. The number of ether oxygens (including phenoxy) is 1. The Morgan fingerprint density at radius 3 is 2.60 bits per heavy atom. The van der Waals surface area contributed by atoms with Crippen LogP contribution in [0.3, 0.4) is 0 Å². The summed E-state index contributed by atoms with van der Waals surface area (Å²) in [5, 5.41) is 9.56. The van der Waals surface area contributed by atoms with Crippen LogP contribution >= 0.6 is 0 Å². The fourth-order valence-electron chi connectivity index (χ4n) is 1.86. The third-order valence-electron chi connectivity index (χ3n) is 3.05. The Bertz CT molecular complexity index is 543. The highest BCUT2D eigenvalue weighted by Gasteiger charge is 2.09. The van der Waals surface area contributed by atoms with E-state index in [1.807, 2.05) is 43.3 Å². The van der Waals surface area contributed by atoms with Crippen LogP contribution in [-0.4, -0.2) is 12.2 Å². The highest BCUT2D eigenvalue weighted by Crippen LogP contribution is 2.28. The first kappa shape index (κ1) is 14.4. The van der Waals surface area contributed by atoms with Crippen LogP contribution in [-0.2, 0) is 11.4 Å². The quantitative estimate of drug-likeness (QED) is 0.794. The smallest absolute Gasteiger partial charge is 0.160 e. The molecule has 0 aliphatic heterocycles. The first-order valence-corrected chi connectivity index (χ1v) is 6.49. The van der Waals surface area contributed by atoms with Crippen molar-refractivity contribution in [3.63, 3.8) is 0 Å². The van der Waals surface area contributed by atoms with Crippen molar-refractivity contribution < 1.29 is 14.7 Å². The van der Waals surface area contributed by atoms with Gasteiger partial charge in [-0.05, 0) is 30.2 Å². The van der Waals surface area contributed by atoms with Gasteiger partial charge in [0, 0.05) is 0 Å². The Hall–Kier alpha value is -2.04. The molecule has 1 atom stereocenters. The predicted octanol–water partition coefficient (Wildman–Crippen LogP) is 3.18. The van der Waals surface area contributed by atoms with E-state index in [-0.39, 0.29) is 11.8 Å². The summed E-state index contributed by atoms with van der Waals surface area (Å²) in [6, 6.07) is 15.2. The highest BCUT2D eigenvalue weighted by molar-refractivity contribution is 5.42. The van der Waals surface area contributed by atoms with Gasteiger partial charge in [0.15, 0.2) is 11.5 Å². The number of hydrogen-bond acceptors (Lipinski definition) is 4. The van der Waals surface area contributed by atoms with E-state index >= 15 is 0 Å². The Morgan fingerprint density at radius 2 is 1.90 bits per heavy atom. The average Bonchev–Trinajstić information content (AvgIpc) is 2.48. The maximum absolute atomic E-state index is 9.56. The molecule has 0 aliphatic rings. The minimum atomic E-state index is -0.00628. The minimum absolute atomic E-state index is 0.00628. The van der Waals surface area contributed by atoms with Gasteiger partial charge in [-0.15, -0.1) is 0 Å². The van der Waals surface area contributed by atoms with Crippen molar-refractivity contribution in [3.05, 3.63) is 59.7 Å². The van der Waals surface area contributed by atoms with Crippen molar-refractivity contribution in [2.75, 3.05) is 7.11 Å². The summed E-state index contributed by atoms with van der Waals surface area (Å²) in [5.74, 6) is 0.591. The van der Waals surface area contributed by atoms with Gasteiger partial charge >= 0.3 is 0 Å². The van der Waals surface area contributed by atoms with Gasteiger partial charge in [-0.1, -0.05) is 36.4 Å². The number of methoxy groups -OCH3 is 1. The second kappa shape index (κ2) is 6.93. The molecule has 2 aromatic carbocycles. The lowest BCUT2D eigenvalue weighted by atomic mass is 10.1.